The molecular formula is C14H19NO4. The lowest BCUT2D eigenvalue weighted by molar-refractivity contribution is -0.144. The third-order valence-corrected chi connectivity index (χ3v) is 2.43. The third kappa shape index (κ3) is 5.63. The van der Waals surface area contributed by atoms with Crippen molar-refractivity contribution in [1.29, 1.82) is 0 Å². The van der Waals surface area contributed by atoms with Gasteiger partial charge in [0.15, 0.2) is 5.78 Å². The van der Waals surface area contributed by atoms with Crippen LogP contribution in [0.25, 0.3) is 0 Å². The van der Waals surface area contributed by atoms with Gasteiger partial charge in [-0.15, -0.1) is 0 Å². The van der Waals surface area contributed by atoms with Crippen LogP contribution in [0.15, 0.2) is 30.3 Å². The molecule has 0 aliphatic carbocycles. The Hall–Kier alpha value is -1.72. The summed E-state index contributed by atoms with van der Waals surface area (Å²) >= 11 is 0. The largest absolute Gasteiger partial charge is 0.480 e. The molecule has 0 fully saturated rings. The molecule has 1 atom stereocenters. The van der Waals surface area contributed by atoms with Crippen LogP contribution < -0.4 is 5.48 Å². The highest BCUT2D eigenvalue weighted by molar-refractivity contribution is 5.98. The van der Waals surface area contributed by atoms with Gasteiger partial charge in [-0.3, -0.25) is 9.59 Å². The Kier molecular flexibility index (Phi) is 6.18. The van der Waals surface area contributed by atoms with Crippen molar-refractivity contribution in [3.63, 3.8) is 0 Å². The molecule has 5 nitrogen and oxygen atoms in total. The molecule has 2 N–H and O–H groups in total. The topological polar surface area (TPSA) is 75.6 Å². The van der Waals surface area contributed by atoms with Gasteiger partial charge in [-0.05, 0) is 5.92 Å². The number of carboxylic acid groups (broad SMARTS) is 1. The second-order valence-electron chi connectivity index (χ2n) is 4.71. The van der Waals surface area contributed by atoms with Crippen molar-refractivity contribution < 1.29 is 19.5 Å². The number of hydrogen-bond acceptors (Lipinski definition) is 4. The number of carbonyl (C=O) groups is 2. The second kappa shape index (κ2) is 7.66. The minimum atomic E-state index is -1.10. The van der Waals surface area contributed by atoms with Crippen LogP contribution in [-0.4, -0.2) is 29.5 Å². The van der Waals surface area contributed by atoms with E-state index in [0.717, 1.165) is 0 Å². The fraction of sp³-hybridized carbons (Fsp3) is 0.429. The van der Waals surface area contributed by atoms with E-state index >= 15 is 0 Å². The van der Waals surface area contributed by atoms with E-state index < -0.39 is 12.0 Å². The molecule has 1 rings (SSSR count). The minimum absolute atomic E-state index is 0.141. The highest BCUT2D eigenvalue weighted by atomic mass is 16.6. The first-order valence-corrected chi connectivity index (χ1v) is 6.19. The lowest BCUT2D eigenvalue weighted by Gasteiger charge is -2.14. The summed E-state index contributed by atoms with van der Waals surface area (Å²) in [6.07, 6.45) is -0.141. The molecule has 0 radical (unpaired) electrons. The average molecular weight is 265 g/mol. The zero-order valence-corrected chi connectivity index (χ0v) is 11.1. The van der Waals surface area contributed by atoms with E-state index in [1.165, 1.54) is 0 Å². The Morgan fingerprint density at radius 2 is 1.89 bits per heavy atom. The van der Waals surface area contributed by atoms with E-state index in [4.69, 9.17) is 9.94 Å². The maximum Gasteiger partial charge on any atom is 0.323 e. The van der Waals surface area contributed by atoms with Crippen LogP contribution in [0, 0.1) is 5.92 Å². The normalized spacial score (nSPS) is 12.4. The summed E-state index contributed by atoms with van der Waals surface area (Å²) in [5.74, 6) is -1.05. The molecule has 0 saturated heterocycles. The summed E-state index contributed by atoms with van der Waals surface area (Å²) in [5, 5.41) is 9.04. The van der Waals surface area contributed by atoms with E-state index in [-0.39, 0.29) is 18.1 Å². The SMILES string of the molecule is CC(C)CONC(CC(=O)c1ccccc1)C(=O)O. The van der Waals surface area contributed by atoms with Crippen molar-refractivity contribution in [2.45, 2.75) is 26.3 Å². The Morgan fingerprint density at radius 3 is 2.42 bits per heavy atom. The summed E-state index contributed by atoms with van der Waals surface area (Å²) in [6, 6.07) is 7.57. The molecule has 0 saturated carbocycles. The van der Waals surface area contributed by atoms with E-state index in [1.54, 1.807) is 30.3 Å². The van der Waals surface area contributed by atoms with Crippen molar-refractivity contribution in [1.82, 2.24) is 5.48 Å². The van der Waals surface area contributed by atoms with E-state index in [0.29, 0.717) is 12.2 Å². The van der Waals surface area contributed by atoms with Gasteiger partial charge in [0.25, 0.3) is 0 Å². The first-order valence-electron chi connectivity index (χ1n) is 6.19. The van der Waals surface area contributed by atoms with Crippen molar-refractivity contribution in [2.24, 2.45) is 5.92 Å². The lowest BCUT2D eigenvalue weighted by atomic mass is 10.0. The Balaban J connectivity index is 2.54. The standard InChI is InChI=1S/C14H19NO4/c1-10(2)9-19-15-12(14(17)18)8-13(16)11-6-4-3-5-7-11/h3-7,10,12,15H,8-9H2,1-2H3,(H,17,18). The number of nitrogens with one attached hydrogen (secondary N) is 1. The maximum absolute atomic E-state index is 11.9. The molecule has 104 valence electrons. The fourth-order valence-corrected chi connectivity index (χ4v) is 1.42. The Bertz CT molecular complexity index is 417. The monoisotopic (exact) mass is 265 g/mol. The van der Waals surface area contributed by atoms with Crippen LogP contribution in [0.5, 0.6) is 0 Å². The van der Waals surface area contributed by atoms with Crippen LogP contribution >= 0.6 is 0 Å². The Morgan fingerprint density at radius 1 is 1.26 bits per heavy atom. The van der Waals surface area contributed by atoms with Crippen molar-refractivity contribution in [3.8, 4) is 0 Å². The van der Waals surface area contributed by atoms with Crippen molar-refractivity contribution in [3.05, 3.63) is 35.9 Å². The van der Waals surface area contributed by atoms with Gasteiger partial charge in [-0.25, -0.2) is 0 Å². The summed E-state index contributed by atoms with van der Waals surface area (Å²) in [4.78, 5) is 28.0. The number of benzene rings is 1. The molecule has 5 heteroatoms. The summed E-state index contributed by atoms with van der Waals surface area (Å²) < 4.78 is 0. The highest BCUT2D eigenvalue weighted by Crippen LogP contribution is 2.06. The highest BCUT2D eigenvalue weighted by Gasteiger charge is 2.22. The zero-order valence-electron chi connectivity index (χ0n) is 11.1. The van der Waals surface area contributed by atoms with Gasteiger partial charge in [0.1, 0.15) is 6.04 Å². The van der Waals surface area contributed by atoms with Gasteiger partial charge >= 0.3 is 5.97 Å². The molecule has 0 heterocycles. The van der Waals surface area contributed by atoms with E-state index in [2.05, 4.69) is 5.48 Å². The van der Waals surface area contributed by atoms with E-state index in [9.17, 15) is 9.59 Å². The number of aliphatic carboxylic acids is 1. The molecule has 0 aliphatic rings. The average Bonchev–Trinajstić information content (AvgIpc) is 2.37. The molecule has 0 bridgehead atoms. The zero-order chi connectivity index (χ0) is 14.3. The van der Waals surface area contributed by atoms with Crippen LogP contribution in [-0.2, 0) is 9.63 Å². The van der Waals surface area contributed by atoms with Crippen LogP contribution in [0.2, 0.25) is 0 Å². The molecule has 19 heavy (non-hydrogen) atoms. The predicted molar refractivity (Wildman–Crippen MR) is 70.7 cm³/mol. The summed E-state index contributed by atoms with van der Waals surface area (Å²) in [7, 11) is 0. The van der Waals surface area contributed by atoms with Crippen molar-refractivity contribution >= 4 is 11.8 Å². The minimum Gasteiger partial charge on any atom is -0.480 e. The number of carboxylic acids is 1. The predicted octanol–water partition coefficient (Wildman–Crippen LogP) is 1.89. The summed E-state index contributed by atoms with van der Waals surface area (Å²) in [5.41, 5.74) is 2.93. The number of hydrogen-bond donors (Lipinski definition) is 2. The van der Waals surface area contributed by atoms with Gasteiger partial charge in [0.2, 0.25) is 0 Å². The maximum atomic E-state index is 11.9. The fourth-order valence-electron chi connectivity index (χ4n) is 1.42. The molecule has 0 spiro atoms. The van der Waals surface area contributed by atoms with Crippen LogP contribution in [0.1, 0.15) is 30.6 Å². The molecular weight excluding hydrogens is 246 g/mol. The smallest absolute Gasteiger partial charge is 0.323 e. The molecule has 1 unspecified atom stereocenters. The number of carbonyl (C=O) groups excluding carboxylic acids is 1. The summed E-state index contributed by atoms with van der Waals surface area (Å²) in [6.45, 7) is 4.29. The van der Waals surface area contributed by atoms with Gasteiger partial charge in [-0.1, -0.05) is 44.2 Å². The molecule has 0 aromatic heterocycles. The lowest BCUT2D eigenvalue weighted by Crippen LogP contribution is -2.39. The Labute approximate surface area is 112 Å². The molecule has 0 aliphatic heterocycles. The first kappa shape index (κ1) is 15.3. The molecule has 1 aromatic rings. The van der Waals surface area contributed by atoms with Gasteiger partial charge in [-0.2, -0.15) is 5.48 Å². The number of hydroxylamine groups is 1. The third-order valence-electron chi connectivity index (χ3n) is 2.43. The van der Waals surface area contributed by atoms with Gasteiger partial charge in [0, 0.05) is 12.0 Å². The number of ketones is 1. The quantitative estimate of drug-likeness (QED) is 0.554. The van der Waals surface area contributed by atoms with E-state index in [1.807, 2.05) is 13.8 Å². The molecule has 1 aromatic carbocycles. The second-order valence-corrected chi connectivity index (χ2v) is 4.71. The number of rotatable bonds is 8. The first-order chi connectivity index (χ1) is 9.00. The number of Topliss-reactive ketones (excluding diaryl/α,β-unsaturated/α-hetero) is 1. The van der Waals surface area contributed by atoms with Gasteiger partial charge < -0.3 is 9.94 Å². The molecule has 0 amide bonds. The van der Waals surface area contributed by atoms with Crippen molar-refractivity contribution in [2.75, 3.05) is 6.61 Å². The van der Waals surface area contributed by atoms with Crippen LogP contribution in [0.4, 0.5) is 0 Å². The van der Waals surface area contributed by atoms with Gasteiger partial charge in [0.05, 0.1) is 6.61 Å². The van der Waals surface area contributed by atoms with Crippen LogP contribution in [0.3, 0.4) is 0 Å².